The zero-order valence-corrected chi connectivity index (χ0v) is 16.6. The van der Waals surface area contributed by atoms with Gasteiger partial charge in [-0.05, 0) is 48.5 Å². The summed E-state index contributed by atoms with van der Waals surface area (Å²) < 4.78 is 19.9. The van der Waals surface area contributed by atoms with E-state index >= 15 is 0 Å². The van der Waals surface area contributed by atoms with Crippen LogP contribution >= 0.6 is 15.9 Å². The van der Waals surface area contributed by atoms with Crippen LogP contribution in [0, 0.1) is 5.82 Å². The van der Waals surface area contributed by atoms with Gasteiger partial charge in [0.15, 0.2) is 5.82 Å². The maximum atomic E-state index is 13.1. The normalized spacial score (nSPS) is 14.2. The molecule has 1 aliphatic heterocycles. The third kappa shape index (κ3) is 4.01. The second kappa shape index (κ2) is 8.02. The molecule has 0 unspecified atom stereocenters. The molecule has 0 atom stereocenters. The Balaban J connectivity index is 1.46. The molecule has 2 N–H and O–H groups in total. The van der Waals surface area contributed by atoms with Crippen LogP contribution in [0.2, 0.25) is 0 Å². The van der Waals surface area contributed by atoms with Crippen LogP contribution in [0.3, 0.4) is 0 Å². The van der Waals surface area contributed by atoms with Crippen LogP contribution in [0.5, 0.6) is 11.6 Å². The van der Waals surface area contributed by atoms with Gasteiger partial charge in [-0.2, -0.15) is 4.98 Å². The topological polar surface area (TPSA) is 67.5 Å². The van der Waals surface area contributed by atoms with Gasteiger partial charge in [0.25, 0.3) is 0 Å². The fourth-order valence-electron chi connectivity index (χ4n) is 3.15. The van der Waals surface area contributed by atoms with Crippen molar-refractivity contribution in [2.75, 3.05) is 41.7 Å². The van der Waals surface area contributed by atoms with Crippen molar-refractivity contribution in [1.82, 2.24) is 9.97 Å². The molecule has 1 fully saturated rings. The lowest BCUT2D eigenvalue weighted by molar-refractivity contribution is 0.463. The fraction of sp³-hybridized carbons (Fsp3) is 0.200. The summed E-state index contributed by atoms with van der Waals surface area (Å²) in [5.41, 5.74) is 7.73. The van der Waals surface area contributed by atoms with Crippen molar-refractivity contribution >= 4 is 33.1 Å². The van der Waals surface area contributed by atoms with Gasteiger partial charge in [0.05, 0.1) is 0 Å². The van der Waals surface area contributed by atoms with Gasteiger partial charge in [0, 0.05) is 36.3 Å². The first-order chi connectivity index (χ1) is 13.6. The Morgan fingerprint density at radius 3 is 2.21 bits per heavy atom. The number of halogens is 2. The maximum absolute atomic E-state index is 13.1. The lowest BCUT2D eigenvalue weighted by Crippen LogP contribution is -2.47. The van der Waals surface area contributed by atoms with Gasteiger partial charge < -0.3 is 20.3 Å². The van der Waals surface area contributed by atoms with Gasteiger partial charge in [-0.15, -0.1) is 0 Å². The second-order valence-electron chi connectivity index (χ2n) is 6.42. The molecular formula is C20H19BrFN5O. The highest BCUT2D eigenvalue weighted by Gasteiger charge is 2.22. The number of ether oxygens (including phenoxy) is 1. The Morgan fingerprint density at radius 1 is 0.893 bits per heavy atom. The molecule has 4 rings (SSSR count). The largest absolute Gasteiger partial charge is 0.437 e. The molecule has 8 heteroatoms. The molecule has 144 valence electrons. The highest BCUT2D eigenvalue weighted by Crippen LogP contribution is 2.32. The Morgan fingerprint density at radius 2 is 1.54 bits per heavy atom. The number of anilines is 3. The van der Waals surface area contributed by atoms with Gasteiger partial charge in [-0.3, -0.25) is 0 Å². The Hall–Kier alpha value is -2.87. The van der Waals surface area contributed by atoms with Crippen LogP contribution in [0.15, 0.2) is 59.3 Å². The fourth-order valence-corrected chi connectivity index (χ4v) is 3.41. The molecule has 1 saturated heterocycles. The number of hydrogen-bond acceptors (Lipinski definition) is 6. The molecule has 0 saturated carbocycles. The highest BCUT2D eigenvalue weighted by molar-refractivity contribution is 9.10. The van der Waals surface area contributed by atoms with Crippen LogP contribution in [-0.4, -0.2) is 36.1 Å². The molecule has 6 nitrogen and oxygen atoms in total. The Kier molecular flexibility index (Phi) is 5.29. The van der Waals surface area contributed by atoms with Crippen LogP contribution in [0.4, 0.5) is 21.6 Å². The molecule has 1 aromatic heterocycles. The minimum atomic E-state index is -0.227. The van der Waals surface area contributed by atoms with E-state index in [-0.39, 0.29) is 5.82 Å². The number of hydrogen-bond donors (Lipinski definition) is 1. The summed E-state index contributed by atoms with van der Waals surface area (Å²) in [5.74, 6) is 1.43. The Labute approximate surface area is 170 Å². The molecule has 3 aromatic rings. The lowest BCUT2D eigenvalue weighted by Gasteiger charge is -2.37. The zero-order chi connectivity index (χ0) is 19.5. The van der Waals surface area contributed by atoms with E-state index < -0.39 is 0 Å². The van der Waals surface area contributed by atoms with E-state index in [1.165, 1.54) is 18.5 Å². The van der Waals surface area contributed by atoms with Gasteiger partial charge in [0.1, 0.15) is 23.6 Å². The third-order valence-electron chi connectivity index (χ3n) is 4.63. The number of benzene rings is 2. The molecule has 1 aliphatic rings. The lowest BCUT2D eigenvalue weighted by atomic mass is 10.2. The first-order valence-electron chi connectivity index (χ1n) is 8.89. The molecule has 28 heavy (non-hydrogen) atoms. The SMILES string of the molecule is Nc1c(Oc2ccc(Br)cc2)ncnc1N1CCN(c2ccc(F)cc2)CC1. The van der Waals surface area contributed by atoms with Gasteiger partial charge in [-0.1, -0.05) is 15.9 Å². The zero-order valence-electron chi connectivity index (χ0n) is 15.1. The van der Waals surface area contributed by atoms with E-state index in [2.05, 4.69) is 35.7 Å². The third-order valence-corrected chi connectivity index (χ3v) is 5.15. The van der Waals surface area contributed by atoms with Crippen molar-refractivity contribution in [2.45, 2.75) is 0 Å². The van der Waals surface area contributed by atoms with Crippen molar-refractivity contribution in [3.05, 3.63) is 65.1 Å². The molecule has 0 radical (unpaired) electrons. The van der Waals surface area contributed by atoms with Crippen molar-refractivity contribution in [3.63, 3.8) is 0 Å². The molecule has 2 heterocycles. The van der Waals surface area contributed by atoms with E-state index in [0.717, 1.165) is 36.3 Å². The van der Waals surface area contributed by atoms with Crippen LogP contribution in [0.1, 0.15) is 0 Å². The summed E-state index contributed by atoms with van der Waals surface area (Å²) in [6, 6.07) is 14.0. The smallest absolute Gasteiger partial charge is 0.248 e. The minimum absolute atomic E-state index is 0.227. The van der Waals surface area contributed by atoms with Crippen LogP contribution in [0.25, 0.3) is 0 Å². The second-order valence-corrected chi connectivity index (χ2v) is 7.34. The molecule has 0 bridgehead atoms. The predicted molar refractivity (Wildman–Crippen MR) is 111 cm³/mol. The Bertz CT molecular complexity index is 944. The van der Waals surface area contributed by atoms with Crippen LogP contribution < -0.4 is 20.3 Å². The van der Waals surface area contributed by atoms with E-state index in [4.69, 9.17) is 10.5 Å². The summed E-state index contributed by atoms with van der Waals surface area (Å²) >= 11 is 3.40. The number of nitrogen functional groups attached to an aromatic ring is 1. The number of nitrogens with zero attached hydrogens (tertiary/aromatic N) is 4. The molecule has 0 spiro atoms. The summed E-state index contributed by atoms with van der Waals surface area (Å²) in [6.45, 7) is 3.07. The monoisotopic (exact) mass is 443 g/mol. The quantitative estimate of drug-likeness (QED) is 0.654. The van der Waals surface area contributed by atoms with Crippen molar-refractivity contribution in [1.29, 1.82) is 0 Å². The van der Waals surface area contributed by atoms with Crippen molar-refractivity contribution < 1.29 is 9.13 Å². The standard InChI is InChI=1S/C20H19BrFN5O/c21-14-1-7-17(8-2-14)28-20-18(23)19(24-13-25-20)27-11-9-26(10-12-27)16-5-3-15(22)4-6-16/h1-8,13H,9-12,23H2. The summed E-state index contributed by atoms with van der Waals surface area (Å²) in [5, 5.41) is 0. The molecule has 2 aromatic carbocycles. The average Bonchev–Trinajstić information content (AvgIpc) is 2.72. The van der Waals surface area contributed by atoms with Crippen molar-refractivity contribution in [3.8, 4) is 11.6 Å². The van der Waals surface area contributed by atoms with E-state index in [0.29, 0.717) is 23.1 Å². The average molecular weight is 444 g/mol. The van der Waals surface area contributed by atoms with Gasteiger partial charge in [-0.25, -0.2) is 9.37 Å². The summed E-state index contributed by atoms with van der Waals surface area (Å²) in [7, 11) is 0. The number of aromatic nitrogens is 2. The van der Waals surface area contributed by atoms with Crippen molar-refractivity contribution in [2.24, 2.45) is 0 Å². The summed E-state index contributed by atoms with van der Waals surface area (Å²) in [4.78, 5) is 12.9. The van der Waals surface area contributed by atoms with E-state index in [1.807, 2.05) is 24.3 Å². The van der Waals surface area contributed by atoms with Gasteiger partial charge in [0.2, 0.25) is 5.88 Å². The first kappa shape index (κ1) is 18.5. The number of rotatable bonds is 4. The minimum Gasteiger partial charge on any atom is -0.437 e. The molecular weight excluding hydrogens is 425 g/mol. The van der Waals surface area contributed by atoms with E-state index in [1.54, 1.807) is 12.1 Å². The highest BCUT2D eigenvalue weighted by atomic mass is 79.9. The first-order valence-corrected chi connectivity index (χ1v) is 9.69. The number of nitrogens with two attached hydrogens (primary N) is 1. The molecule has 0 aliphatic carbocycles. The number of piperazine rings is 1. The maximum Gasteiger partial charge on any atom is 0.248 e. The predicted octanol–water partition coefficient (Wildman–Crippen LogP) is 4.08. The molecule has 0 amide bonds. The van der Waals surface area contributed by atoms with Gasteiger partial charge >= 0.3 is 0 Å². The summed E-state index contributed by atoms with van der Waals surface area (Å²) in [6.07, 6.45) is 1.46. The van der Waals surface area contributed by atoms with E-state index in [9.17, 15) is 4.39 Å². The van der Waals surface area contributed by atoms with Crippen LogP contribution in [-0.2, 0) is 0 Å².